The van der Waals surface area contributed by atoms with E-state index in [9.17, 15) is 4.79 Å². The Hall–Kier alpha value is -0.520. The number of carbonyl (C=O) groups excluding carboxylic acids is 1. The number of aryl methyl sites for hydroxylation is 1. The number of nitrogens with one attached hydrogen (secondary N) is 1. The maximum atomic E-state index is 12.5. The Balaban J connectivity index is 1.83. The summed E-state index contributed by atoms with van der Waals surface area (Å²) in [6.45, 7) is 7.25. The van der Waals surface area contributed by atoms with Gasteiger partial charge in [-0.15, -0.1) is 11.3 Å². The van der Waals surface area contributed by atoms with Crippen molar-refractivity contribution in [1.82, 2.24) is 10.2 Å². The summed E-state index contributed by atoms with van der Waals surface area (Å²) in [6.07, 6.45) is 2.55. The minimum absolute atomic E-state index is 0.0641. The first-order valence-corrected chi connectivity index (χ1v) is 9.06. The van der Waals surface area contributed by atoms with Crippen LogP contribution in [0, 0.1) is 6.92 Å². The Labute approximate surface area is 129 Å². The number of thioether (sulfide) groups is 1. The van der Waals surface area contributed by atoms with Crippen molar-refractivity contribution in [2.24, 2.45) is 0 Å². The third-order valence-corrected chi connectivity index (χ3v) is 6.79. The largest absolute Gasteiger partial charge is 0.319 e. The van der Waals surface area contributed by atoms with Gasteiger partial charge in [0.25, 0.3) is 0 Å². The normalized spacial score (nSPS) is 34.1. The molecule has 1 amide bonds. The molecule has 3 heterocycles. The number of nitrogens with zero attached hydrogens (tertiary/aromatic N) is 1. The van der Waals surface area contributed by atoms with E-state index >= 15 is 0 Å². The zero-order valence-electron chi connectivity index (χ0n) is 12.3. The van der Waals surface area contributed by atoms with Crippen molar-refractivity contribution in [3.05, 3.63) is 21.9 Å². The van der Waals surface area contributed by atoms with Crippen LogP contribution in [0.3, 0.4) is 0 Å². The molecule has 0 saturated carbocycles. The minimum atomic E-state index is -0.0718. The standard InChI is InChI=1S/C15H22N2OS2/c1-10-5-6-12(20-10)13-16-11(2)14(18)17(13)9-15(3)7-4-8-19-15/h5-6,11,13,16H,4,7-9H2,1-3H3. The highest BCUT2D eigenvalue weighted by Crippen LogP contribution is 2.41. The molecule has 1 aromatic heterocycles. The molecule has 0 aromatic carbocycles. The molecule has 0 spiro atoms. The molecule has 3 atom stereocenters. The van der Waals surface area contributed by atoms with Crippen LogP contribution < -0.4 is 5.32 Å². The average Bonchev–Trinajstić information content (AvgIpc) is 3.07. The first-order valence-electron chi connectivity index (χ1n) is 7.25. The Morgan fingerprint density at radius 3 is 2.90 bits per heavy atom. The fourth-order valence-corrected chi connectivity index (χ4v) is 5.35. The fourth-order valence-electron chi connectivity index (χ4n) is 3.10. The number of thiophene rings is 1. The van der Waals surface area contributed by atoms with E-state index in [0.717, 1.165) is 6.54 Å². The van der Waals surface area contributed by atoms with Gasteiger partial charge in [0.1, 0.15) is 6.17 Å². The van der Waals surface area contributed by atoms with Gasteiger partial charge in [-0.1, -0.05) is 0 Å². The molecule has 1 N–H and O–H groups in total. The van der Waals surface area contributed by atoms with E-state index in [1.165, 1.54) is 28.3 Å². The predicted octanol–water partition coefficient (Wildman–Crippen LogP) is 3.16. The highest BCUT2D eigenvalue weighted by atomic mass is 32.2. The smallest absolute Gasteiger partial charge is 0.241 e. The zero-order valence-corrected chi connectivity index (χ0v) is 13.9. The Kier molecular flexibility index (Phi) is 3.86. The number of carbonyl (C=O) groups is 1. The predicted molar refractivity (Wildman–Crippen MR) is 86.2 cm³/mol. The molecule has 0 aliphatic carbocycles. The highest BCUT2D eigenvalue weighted by Gasteiger charge is 2.42. The van der Waals surface area contributed by atoms with Crippen LogP contribution in [0.1, 0.15) is 42.6 Å². The van der Waals surface area contributed by atoms with Crippen molar-refractivity contribution in [2.45, 2.75) is 50.6 Å². The third kappa shape index (κ3) is 2.63. The van der Waals surface area contributed by atoms with Gasteiger partial charge in [0.15, 0.2) is 0 Å². The molecule has 1 aromatic rings. The van der Waals surface area contributed by atoms with Crippen molar-refractivity contribution in [1.29, 1.82) is 0 Å². The molecular weight excluding hydrogens is 288 g/mol. The second-order valence-corrected chi connectivity index (χ2v) is 9.11. The van der Waals surface area contributed by atoms with Crippen molar-refractivity contribution in [3.8, 4) is 0 Å². The molecule has 2 aliphatic rings. The van der Waals surface area contributed by atoms with Crippen LogP contribution in [-0.2, 0) is 4.79 Å². The van der Waals surface area contributed by atoms with Gasteiger partial charge < -0.3 is 4.90 Å². The maximum Gasteiger partial charge on any atom is 0.241 e. The summed E-state index contributed by atoms with van der Waals surface area (Å²) >= 11 is 3.81. The average molecular weight is 310 g/mol. The quantitative estimate of drug-likeness (QED) is 0.931. The second kappa shape index (κ2) is 5.35. The molecule has 2 saturated heterocycles. The first kappa shape index (κ1) is 14.4. The van der Waals surface area contributed by atoms with Crippen molar-refractivity contribution in [2.75, 3.05) is 12.3 Å². The number of hydrogen-bond acceptors (Lipinski definition) is 4. The summed E-state index contributed by atoms with van der Waals surface area (Å²) < 4.78 is 0.228. The summed E-state index contributed by atoms with van der Waals surface area (Å²) in [7, 11) is 0. The van der Waals surface area contributed by atoms with Gasteiger partial charge in [-0.05, 0) is 51.5 Å². The molecule has 3 unspecified atom stereocenters. The van der Waals surface area contributed by atoms with E-state index in [2.05, 4.69) is 36.2 Å². The third-order valence-electron chi connectivity index (χ3n) is 4.21. The van der Waals surface area contributed by atoms with Crippen LogP contribution in [0.4, 0.5) is 0 Å². The van der Waals surface area contributed by atoms with Crippen LogP contribution in [0.2, 0.25) is 0 Å². The summed E-state index contributed by atoms with van der Waals surface area (Å²) in [6, 6.07) is 4.22. The van der Waals surface area contributed by atoms with Gasteiger partial charge in [0.05, 0.1) is 6.04 Å². The first-order chi connectivity index (χ1) is 9.48. The zero-order chi connectivity index (χ0) is 14.3. The Bertz CT molecular complexity index is 508. The summed E-state index contributed by atoms with van der Waals surface area (Å²) in [5.41, 5.74) is 0. The molecule has 20 heavy (non-hydrogen) atoms. The summed E-state index contributed by atoms with van der Waals surface area (Å²) in [5.74, 6) is 1.47. The van der Waals surface area contributed by atoms with Crippen LogP contribution in [-0.4, -0.2) is 33.9 Å². The van der Waals surface area contributed by atoms with Crippen molar-refractivity contribution >= 4 is 29.0 Å². The molecule has 0 bridgehead atoms. The maximum absolute atomic E-state index is 12.5. The molecular formula is C15H22N2OS2. The van der Waals surface area contributed by atoms with Gasteiger partial charge in [-0.2, -0.15) is 11.8 Å². The van der Waals surface area contributed by atoms with E-state index in [-0.39, 0.29) is 22.9 Å². The Morgan fingerprint density at radius 2 is 2.30 bits per heavy atom. The summed E-state index contributed by atoms with van der Waals surface area (Å²) in [5, 5.41) is 3.45. The molecule has 110 valence electrons. The molecule has 3 rings (SSSR count). The lowest BCUT2D eigenvalue weighted by molar-refractivity contribution is -0.130. The van der Waals surface area contributed by atoms with Crippen LogP contribution in [0.25, 0.3) is 0 Å². The van der Waals surface area contributed by atoms with Crippen molar-refractivity contribution in [3.63, 3.8) is 0 Å². The van der Waals surface area contributed by atoms with Crippen molar-refractivity contribution < 1.29 is 4.79 Å². The number of rotatable bonds is 3. The van der Waals surface area contributed by atoms with Gasteiger partial charge in [0.2, 0.25) is 5.91 Å². The van der Waals surface area contributed by atoms with E-state index in [0.29, 0.717) is 0 Å². The highest BCUT2D eigenvalue weighted by molar-refractivity contribution is 8.00. The molecule has 5 heteroatoms. The van der Waals surface area contributed by atoms with Crippen LogP contribution in [0.5, 0.6) is 0 Å². The fraction of sp³-hybridized carbons (Fsp3) is 0.667. The van der Waals surface area contributed by atoms with E-state index in [1.54, 1.807) is 11.3 Å². The van der Waals surface area contributed by atoms with E-state index in [4.69, 9.17) is 0 Å². The Morgan fingerprint density at radius 1 is 1.50 bits per heavy atom. The van der Waals surface area contributed by atoms with Crippen LogP contribution in [0.15, 0.2) is 12.1 Å². The van der Waals surface area contributed by atoms with Gasteiger partial charge in [-0.3, -0.25) is 10.1 Å². The van der Waals surface area contributed by atoms with Crippen LogP contribution >= 0.6 is 23.1 Å². The lowest BCUT2D eigenvalue weighted by atomic mass is 10.0. The molecule has 0 radical (unpaired) electrons. The molecule has 2 fully saturated rings. The van der Waals surface area contributed by atoms with Gasteiger partial charge in [-0.25, -0.2) is 0 Å². The topological polar surface area (TPSA) is 32.3 Å². The lowest BCUT2D eigenvalue weighted by Gasteiger charge is -2.32. The number of amides is 1. The number of hydrogen-bond donors (Lipinski definition) is 1. The van der Waals surface area contributed by atoms with Gasteiger partial charge >= 0.3 is 0 Å². The summed E-state index contributed by atoms with van der Waals surface area (Å²) in [4.78, 5) is 17.1. The molecule has 2 aliphatic heterocycles. The van der Waals surface area contributed by atoms with Gasteiger partial charge in [0, 0.05) is 21.0 Å². The SMILES string of the molecule is Cc1ccc(C2NC(C)C(=O)N2CC2(C)CCCS2)s1. The lowest BCUT2D eigenvalue weighted by Crippen LogP contribution is -2.40. The second-order valence-electron chi connectivity index (χ2n) is 6.11. The van der Waals surface area contributed by atoms with E-state index < -0.39 is 0 Å². The monoisotopic (exact) mass is 310 g/mol. The minimum Gasteiger partial charge on any atom is -0.319 e. The van der Waals surface area contributed by atoms with E-state index in [1.807, 2.05) is 18.7 Å². The molecule has 3 nitrogen and oxygen atoms in total.